The second-order valence-corrected chi connectivity index (χ2v) is 3.76. The zero-order chi connectivity index (χ0) is 10.0. The fourth-order valence-electron chi connectivity index (χ4n) is 1.16. The molecule has 0 spiro atoms. The van der Waals surface area contributed by atoms with Crippen molar-refractivity contribution < 1.29 is 4.39 Å². The minimum atomic E-state index is -1.01. The van der Waals surface area contributed by atoms with Gasteiger partial charge in [-0.15, -0.1) is 0 Å². The summed E-state index contributed by atoms with van der Waals surface area (Å²) < 4.78 is 13.0. The first-order valence-corrected chi connectivity index (χ1v) is 4.64. The Hall–Kier alpha value is -0.560. The van der Waals surface area contributed by atoms with Gasteiger partial charge in [-0.2, -0.15) is 0 Å². The van der Waals surface area contributed by atoms with E-state index in [2.05, 4.69) is 0 Å². The highest BCUT2D eigenvalue weighted by Crippen LogP contribution is 2.28. The molecule has 0 aliphatic heterocycles. The molecule has 0 N–H and O–H groups in total. The van der Waals surface area contributed by atoms with E-state index in [1.54, 1.807) is 6.07 Å². The number of rotatable bonds is 2. The van der Waals surface area contributed by atoms with Crippen molar-refractivity contribution in [2.75, 3.05) is 0 Å². The maximum atomic E-state index is 13.0. The normalized spacial score (nSPS) is 13.4. The molecule has 0 nitrogen and oxygen atoms in total. The second-order valence-electron chi connectivity index (χ2n) is 3.35. The molecule has 71 valence electrons. The number of benzene rings is 1. The van der Waals surface area contributed by atoms with Gasteiger partial charge in [-0.25, -0.2) is 4.39 Å². The first kappa shape index (κ1) is 10.5. The number of hydrogen-bond donors (Lipinski definition) is 0. The van der Waals surface area contributed by atoms with E-state index in [1.807, 2.05) is 26.0 Å². The van der Waals surface area contributed by atoms with E-state index < -0.39 is 6.17 Å². The van der Waals surface area contributed by atoms with Gasteiger partial charge in [0, 0.05) is 10.6 Å². The number of hydrogen-bond acceptors (Lipinski definition) is 0. The highest BCUT2D eigenvalue weighted by Gasteiger charge is 2.10. The van der Waals surface area contributed by atoms with Crippen molar-refractivity contribution in [1.82, 2.24) is 0 Å². The third-order valence-corrected chi connectivity index (χ3v) is 2.35. The average Bonchev–Trinajstić information content (AvgIpc) is 2.04. The summed E-state index contributed by atoms with van der Waals surface area (Å²) in [6.45, 7) is 5.49. The first-order valence-electron chi connectivity index (χ1n) is 4.26. The van der Waals surface area contributed by atoms with Crippen LogP contribution in [0.5, 0.6) is 0 Å². The van der Waals surface area contributed by atoms with Crippen LogP contribution in [0.3, 0.4) is 0 Å². The molecule has 1 radical (unpaired) electrons. The lowest BCUT2D eigenvalue weighted by molar-refractivity contribution is 0.374. The molecule has 1 atom stereocenters. The summed E-state index contributed by atoms with van der Waals surface area (Å²) in [6.07, 6.45) is -1.01. The summed E-state index contributed by atoms with van der Waals surface area (Å²) in [7, 11) is 0. The Morgan fingerprint density at radius 3 is 2.46 bits per heavy atom. The molecule has 2 heteroatoms. The van der Waals surface area contributed by atoms with E-state index in [0.29, 0.717) is 10.6 Å². The SMILES string of the molecule is C[C](C)c1ccc(Cl)c(C(C)F)c1. The molecule has 0 fully saturated rings. The van der Waals surface area contributed by atoms with E-state index in [1.165, 1.54) is 12.8 Å². The number of halogens is 2. The lowest BCUT2D eigenvalue weighted by Gasteiger charge is -2.10. The molecule has 0 saturated heterocycles. The summed E-state index contributed by atoms with van der Waals surface area (Å²) in [6, 6.07) is 5.46. The van der Waals surface area contributed by atoms with Gasteiger partial charge in [0.2, 0.25) is 0 Å². The topological polar surface area (TPSA) is 0 Å². The van der Waals surface area contributed by atoms with Crippen LogP contribution in [0.25, 0.3) is 0 Å². The third-order valence-electron chi connectivity index (χ3n) is 2.00. The fraction of sp³-hybridized carbons (Fsp3) is 0.364. The number of alkyl halides is 1. The summed E-state index contributed by atoms with van der Waals surface area (Å²) >= 11 is 5.85. The maximum Gasteiger partial charge on any atom is 0.124 e. The molecule has 1 rings (SSSR count). The van der Waals surface area contributed by atoms with Crippen LogP contribution in [0.1, 0.15) is 38.1 Å². The third kappa shape index (κ3) is 2.44. The van der Waals surface area contributed by atoms with Crippen LogP contribution in [-0.2, 0) is 0 Å². The monoisotopic (exact) mass is 199 g/mol. The molecule has 1 aromatic carbocycles. The predicted molar refractivity (Wildman–Crippen MR) is 54.7 cm³/mol. The molecule has 0 heterocycles. The van der Waals surface area contributed by atoms with Gasteiger partial charge in [0.05, 0.1) is 0 Å². The van der Waals surface area contributed by atoms with Crippen molar-refractivity contribution >= 4 is 11.6 Å². The van der Waals surface area contributed by atoms with Gasteiger partial charge in [0.1, 0.15) is 6.17 Å². The molecule has 0 aliphatic rings. The zero-order valence-electron chi connectivity index (χ0n) is 8.07. The highest BCUT2D eigenvalue weighted by atomic mass is 35.5. The lowest BCUT2D eigenvalue weighted by atomic mass is 9.99. The summed E-state index contributed by atoms with van der Waals surface area (Å²) in [5.41, 5.74) is 1.62. The van der Waals surface area contributed by atoms with Gasteiger partial charge in [-0.05, 0) is 24.5 Å². The molecule has 13 heavy (non-hydrogen) atoms. The van der Waals surface area contributed by atoms with Crippen LogP contribution in [0.4, 0.5) is 4.39 Å². The Balaban J connectivity index is 3.11. The van der Waals surface area contributed by atoms with Gasteiger partial charge < -0.3 is 0 Å². The smallest absolute Gasteiger partial charge is 0.124 e. The van der Waals surface area contributed by atoms with Crippen molar-refractivity contribution in [3.8, 4) is 0 Å². The molecular formula is C11H13ClF. The van der Waals surface area contributed by atoms with Crippen molar-refractivity contribution in [3.05, 3.63) is 40.3 Å². The predicted octanol–water partition coefficient (Wildman–Crippen LogP) is 4.33. The van der Waals surface area contributed by atoms with Gasteiger partial charge in [0.25, 0.3) is 0 Å². The van der Waals surface area contributed by atoms with Crippen LogP contribution in [-0.4, -0.2) is 0 Å². The van der Waals surface area contributed by atoms with E-state index in [-0.39, 0.29) is 0 Å². The van der Waals surface area contributed by atoms with Crippen molar-refractivity contribution in [2.45, 2.75) is 26.9 Å². The fourth-order valence-corrected chi connectivity index (χ4v) is 1.43. The second kappa shape index (κ2) is 4.10. The van der Waals surface area contributed by atoms with Gasteiger partial charge in [0.15, 0.2) is 0 Å². The maximum absolute atomic E-state index is 13.0. The van der Waals surface area contributed by atoms with E-state index in [9.17, 15) is 4.39 Å². The minimum absolute atomic E-state index is 0.500. The molecular weight excluding hydrogens is 187 g/mol. The molecule has 0 aromatic heterocycles. The Morgan fingerprint density at radius 1 is 1.38 bits per heavy atom. The molecule has 0 amide bonds. The van der Waals surface area contributed by atoms with Crippen LogP contribution >= 0.6 is 11.6 Å². The quantitative estimate of drug-likeness (QED) is 0.665. The van der Waals surface area contributed by atoms with E-state index >= 15 is 0 Å². The molecule has 0 saturated carbocycles. The van der Waals surface area contributed by atoms with E-state index in [4.69, 9.17) is 11.6 Å². The Kier molecular flexibility index (Phi) is 3.32. The molecule has 0 bridgehead atoms. The van der Waals surface area contributed by atoms with Crippen molar-refractivity contribution in [2.24, 2.45) is 0 Å². The minimum Gasteiger partial charge on any atom is -0.243 e. The van der Waals surface area contributed by atoms with Gasteiger partial charge in [-0.3, -0.25) is 0 Å². The van der Waals surface area contributed by atoms with E-state index in [0.717, 1.165) is 5.56 Å². The lowest BCUT2D eigenvalue weighted by Crippen LogP contribution is -1.93. The van der Waals surface area contributed by atoms with Crippen molar-refractivity contribution in [3.63, 3.8) is 0 Å². The molecule has 0 aliphatic carbocycles. The Morgan fingerprint density at radius 2 is 2.00 bits per heavy atom. The van der Waals surface area contributed by atoms with Gasteiger partial charge in [-0.1, -0.05) is 37.6 Å². The highest BCUT2D eigenvalue weighted by molar-refractivity contribution is 6.31. The summed E-state index contributed by atoms with van der Waals surface area (Å²) in [5.74, 6) is 1.17. The van der Waals surface area contributed by atoms with Crippen LogP contribution in [0, 0.1) is 5.92 Å². The van der Waals surface area contributed by atoms with Crippen LogP contribution in [0.2, 0.25) is 5.02 Å². The molecule has 1 aromatic rings. The van der Waals surface area contributed by atoms with Crippen molar-refractivity contribution in [1.29, 1.82) is 0 Å². The standard InChI is InChI=1S/C11H13ClF/c1-7(2)9-4-5-11(12)10(6-9)8(3)13/h4-6,8H,1-3H3. The summed E-state index contributed by atoms with van der Waals surface area (Å²) in [4.78, 5) is 0. The average molecular weight is 200 g/mol. The van der Waals surface area contributed by atoms with Gasteiger partial charge >= 0.3 is 0 Å². The first-order chi connectivity index (χ1) is 6.02. The van der Waals surface area contributed by atoms with Crippen LogP contribution < -0.4 is 0 Å². The molecule has 1 unspecified atom stereocenters. The zero-order valence-corrected chi connectivity index (χ0v) is 8.82. The summed E-state index contributed by atoms with van der Waals surface area (Å²) in [5, 5.41) is 0.500. The van der Waals surface area contributed by atoms with Crippen LogP contribution in [0.15, 0.2) is 18.2 Å². The largest absolute Gasteiger partial charge is 0.243 e. The Bertz CT molecular complexity index is 292. The Labute approximate surface area is 83.7 Å².